The van der Waals surface area contributed by atoms with Crippen LogP contribution in [0.3, 0.4) is 0 Å². The summed E-state index contributed by atoms with van der Waals surface area (Å²) in [6.45, 7) is 9.39. The zero-order valence-corrected chi connectivity index (χ0v) is 27.5. The Kier molecular flexibility index (Phi) is 25.4. The molecule has 0 aromatic carbocycles. The van der Waals surface area contributed by atoms with E-state index in [-0.39, 0.29) is 0 Å². The number of aromatic nitrogens is 2. The molecule has 1 aromatic heterocycles. The summed E-state index contributed by atoms with van der Waals surface area (Å²) in [5, 5.41) is 0. The molecule has 0 aliphatic heterocycles. The molecule has 1 aromatic rings. The van der Waals surface area contributed by atoms with Crippen molar-refractivity contribution in [2.24, 2.45) is 0 Å². The molecular formula is C37H72N2. The van der Waals surface area contributed by atoms with Crippen LogP contribution in [0.1, 0.15) is 225 Å². The molecule has 1 heterocycles. The van der Waals surface area contributed by atoms with Gasteiger partial charge in [-0.15, -0.1) is 0 Å². The predicted octanol–water partition coefficient (Wildman–Crippen LogP) is 13.5. The minimum Gasteiger partial charge on any atom is -0.332 e. The number of hydrogen-bond acceptors (Lipinski definition) is 1. The van der Waals surface area contributed by atoms with Gasteiger partial charge in [0.2, 0.25) is 0 Å². The minimum atomic E-state index is 0.589. The van der Waals surface area contributed by atoms with Gasteiger partial charge in [-0.1, -0.05) is 181 Å². The molecule has 0 radical (unpaired) electrons. The Balaban J connectivity index is 2.08. The fraction of sp³-hybridized carbons (Fsp3) is 0.919. The summed E-state index contributed by atoms with van der Waals surface area (Å²) in [6.07, 6.45) is 44.0. The van der Waals surface area contributed by atoms with Crippen LogP contribution in [0, 0.1) is 0 Å². The summed E-state index contributed by atoms with van der Waals surface area (Å²) in [4.78, 5) is 4.86. The molecule has 2 atom stereocenters. The van der Waals surface area contributed by atoms with Crippen LogP contribution in [-0.4, -0.2) is 9.55 Å². The van der Waals surface area contributed by atoms with E-state index in [4.69, 9.17) is 4.98 Å². The Labute approximate surface area is 246 Å². The molecule has 1 rings (SSSR count). The lowest BCUT2D eigenvalue weighted by atomic mass is 9.96. The van der Waals surface area contributed by atoms with Crippen molar-refractivity contribution in [3.05, 3.63) is 18.2 Å². The average molecular weight is 545 g/mol. The van der Waals surface area contributed by atoms with Crippen molar-refractivity contribution in [1.29, 1.82) is 0 Å². The van der Waals surface area contributed by atoms with E-state index in [0.29, 0.717) is 12.0 Å². The molecule has 2 nitrogen and oxygen atoms in total. The van der Waals surface area contributed by atoms with Gasteiger partial charge in [0.15, 0.2) is 0 Å². The van der Waals surface area contributed by atoms with Gasteiger partial charge in [0.1, 0.15) is 5.82 Å². The number of nitrogens with zero attached hydrogens (tertiary/aromatic N) is 2. The van der Waals surface area contributed by atoms with Gasteiger partial charge >= 0.3 is 0 Å². The van der Waals surface area contributed by atoms with Gasteiger partial charge in [-0.2, -0.15) is 0 Å². The van der Waals surface area contributed by atoms with E-state index in [1.165, 1.54) is 186 Å². The Bertz CT molecular complexity index is 606. The second kappa shape index (κ2) is 27.4. The van der Waals surface area contributed by atoms with Crippen LogP contribution in [0.4, 0.5) is 0 Å². The average Bonchev–Trinajstić information content (AvgIpc) is 3.44. The van der Waals surface area contributed by atoms with Crippen molar-refractivity contribution < 1.29 is 0 Å². The molecule has 230 valence electrons. The fourth-order valence-corrected chi connectivity index (χ4v) is 6.36. The molecule has 0 saturated heterocycles. The smallest absolute Gasteiger partial charge is 0.111 e. The monoisotopic (exact) mass is 545 g/mol. The number of hydrogen-bond donors (Lipinski definition) is 0. The maximum absolute atomic E-state index is 4.86. The van der Waals surface area contributed by atoms with Crippen LogP contribution in [0.2, 0.25) is 0 Å². The molecule has 2 heteroatoms. The highest BCUT2D eigenvalue weighted by atomic mass is 15.1. The van der Waals surface area contributed by atoms with E-state index in [2.05, 4.69) is 44.7 Å². The predicted molar refractivity (Wildman–Crippen MR) is 176 cm³/mol. The molecular weight excluding hydrogens is 472 g/mol. The van der Waals surface area contributed by atoms with Crippen molar-refractivity contribution in [3.8, 4) is 0 Å². The maximum atomic E-state index is 4.86. The van der Waals surface area contributed by atoms with Crippen LogP contribution >= 0.6 is 0 Å². The zero-order valence-electron chi connectivity index (χ0n) is 27.5. The lowest BCUT2D eigenvalue weighted by Crippen LogP contribution is -2.12. The SMILES string of the molecule is CCCCCCCCCCCCCCCCC(C)n1ccnc1C(CC)CCCCCCCCCCCCC. The zero-order chi connectivity index (χ0) is 28.2. The van der Waals surface area contributed by atoms with E-state index >= 15 is 0 Å². The highest BCUT2D eigenvalue weighted by molar-refractivity contribution is 5.02. The largest absolute Gasteiger partial charge is 0.332 e. The summed E-state index contributed by atoms with van der Waals surface area (Å²) in [7, 11) is 0. The quantitative estimate of drug-likeness (QED) is 0.0880. The van der Waals surface area contributed by atoms with Crippen molar-refractivity contribution in [1.82, 2.24) is 9.55 Å². The topological polar surface area (TPSA) is 17.8 Å². The molecule has 0 amide bonds. The van der Waals surface area contributed by atoms with E-state index < -0.39 is 0 Å². The van der Waals surface area contributed by atoms with Crippen molar-refractivity contribution in [3.63, 3.8) is 0 Å². The molecule has 0 aliphatic carbocycles. The van der Waals surface area contributed by atoms with Gasteiger partial charge < -0.3 is 4.57 Å². The van der Waals surface area contributed by atoms with Crippen molar-refractivity contribution >= 4 is 0 Å². The van der Waals surface area contributed by atoms with E-state index in [1.54, 1.807) is 0 Å². The molecule has 0 bridgehead atoms. The summed E-state index contributed by atoms with van der Waals surface area (Å²) in [5.41, 5.74) is 0. The van der Waals surface area contributed by atoms with Crippen LogP contribution in [-0.2, 0) is 0 Å². The van der Waals surface area contributed by atoms with Crippen LogP contribution in [0.5, 0.6) is 0 Å². The van der Waals surface area contributed by atoms with Gasteiger partial charge in [0.25, 0.3) is 0 Å². The Hall–Kier alpha value is -0.790. The normalized spacial score (nSPS) is 13.2. The Morgan fingerprint density at radius 2 is 0.872 bits per heavy atom. The third kappa shape index (κ3) is 19.8. The number of unbranched alkanes of at least 4 members (excludes halogenated alkanes) is 23. The molecule has 2 unspecified atom stereocenters. The highest BCUT2D eigenvalue weighted by Crippen LogP contribution is 2.28. The first-order chi connectivity index (χ1) is 19.2. The first-order valence-electron chi connectivity index (χ1n) is 18.3. The van der Waals surface area contributed by atoms with E-state index in [1.807, 2.05) is 0 Å². The Morgan fingerprint density at radius 3 is 1.26 bits per heavy atom. The highest BCUT2D eigenvalue weighted by Gasteiger charge is 2.18. The van der Waals surface area contributed by atoms with Gasteiger partial charge in [0, 0.05) is 24.4 Å². The first-order valence-corrected chi connectivity index (χ1v) is 18.3. The first kappa shape index (κ1) is 36.2. The van der Waals surface area contributed by atoms with Gasteiger partial charge in [-0.3, -0.25) is 0 Å². The van der Waals surface area contributed by atoms with Crippen LogP contribution in [0.15, 0.2) is 12.4 Å². The summed E-state index contributed by atoms with van der Waals surface area (Å²) >= 11 is 0. The number of imidazole rings is 1. The van der Waals surface area contributed by atoms with Crippen molar-refractivity contribution in [2.45, 2.75) is 219 Å². The van der Waals surface area contributed by atoms with Gasteiger partial charge in [-0.25, -0.2) is 4.98 Å². The molecule has 0 saturated carbocycles. The molecule has 0 fully saturated rings. The summed E-state index contributed by atoms with van der Waals surface area (Å²) in [5.74, 6) is 2.00. The standard InChI is InChI=1S/C37H72N2/c1-5-8-10-12-14-16-18-19-20-22-23-25-27-29-31-35(4)39-34-33-38-37(39)36(7-3)32-30-28-26-24-21-17-15-13-11-9-6-2/h33-36H,5-32H2,1-4H3. The second-order valence-electron chi connectivity index (χ2n) is 12.9. The minimum absolute atomic E-state index is 0.589. The third-order valence-electron chi connectivity index (χ3n) is 9.16. The summed E-state index contributed by atoms with van der Waals surface area (Å²) in [6, 6.07) is 0.589. The van der Waals surface area contributed by atoms with Gasteiger partial charge in [0.05, 0.1) is 0 Å². The Morgan fingerprint density at radius 1 is 0.513 bits per heavy atom. The lowest BCUT2D eigenvalue weighted by Gasteiger charge is -2.21. The second-order valence-corrected chi connectivity index (χ2v) is 12.9. The third-order valence-corrected chi connectivity index (χ3v) is 9.16. The van der Waals surface area contributed by atoms with E-state index in [9.17, 15) is 0 Å². The van der Waals surface area contributed by atoms with Crippen LogP contribution < -0.4 is 0 Å². The molecule has 0 aliphatic rings. The van der Waals surface area contributed by atoms with Crippen LogP contribution in [0.25, 0.3) is 0 Å². The van der Waals surface area contributed by atoms with Crippen molar-refractivity contribution in [2.75, 3.05) is 0 Å². The molecule has 0 spiro atoms. The summed E-state index contributed by atoms with van der Waals surface area (Å²) < 4.78 is 2.52. The molecule has 39 heavy (non-hydrogen) atoms. The maximum Gasteiger partial charge on any atom is 0.111 e. The molecule has 0 N–H and O–H groups in total. The van der Waals surface area contributed by atoms with E-state index in [0.717, 1.165) is 0 Å². The fourth-order valence-electron chi connectivity index (χ4n) is 6.36. The lowest BCUT2D eigenvalue weighted by molar-refractivity contribution is 0.425. The van der Waals surface area contributed by atoms with Gasteiger partial charge in [-0.05, 0) is 26.2 Å². The number of rotatable bonds is 30.